The number of carbonyl (C=O) groups excluding carboxylic acids is 2. The third-order valence-electron chi connectivity index (χ3n) is 3.37. The van der Waals surface area contributed by atoms with Gasteiger partial charge in [-0.15, -0.1) is 0 Å². The largest absolute Gasteiger partial charge is 0.465 e. The van der Waals surface area contributed by atoms with Crippen LogP contribution in [-0.2, 0) is 20.7 Å². The van der Waals surface area contributed by atoms with Crippen molar-refractivity contribution in [1.29, 1.82) is 0 Å². The second-order valence-corrected chi connectivity index (χ2v) is 4.76. The van der Waals surface area contributed by atoms with E-state index in [9.17, 15) is 9.59 Å². The zero-order valence-corrected chi connectivity index (χ0v) is 11.8. The fraction of sp³-hybridized carbons (Fsp3) is 0.294. The molecule has 0 aliphatic rings. The van der Waals surface area contributed by atoms with Crippen LogP contribution in [0.2, 0.25) is 0 Å². The Morgan fingerprint density at radius 1 is 1.10 bits per heavy atom. The van der Waals surface area contributed by atoms with Crippen molar-refractivity contribution in [3.8, 4) is 0 Å². The predicted octanol–water partition coefficient (Wildman–Crippen LogP) is 3.15. The Morgan fingerprint density at radius 3 is 2.55 bits per heavy atom. The maximum Gasteiger partial charge on any atom is 0.316 e. The molecule has 3 nitrogen and oxygen atoms in total. The normalized spacial score (nSPS) is 12.1. The fourth-order valence-corrected chi connectivity index (χ4v) is 2.19. The summed E-state index contributed by atoms with van der Waals surface area (Å²) in [6.07, 6.45) is 0.251. The highest BCUT2D eigenvalue weighted by molar-refractivity contribution is 6.01. The Kier molecular flexibility index (Phi) is 4.51. The molecular weight excluding hydrogens is 252 g/mol. The van der Waals surface area contributed by atoms with E-state index >= 15 is 0 Å². The minimum atomic E-state index is -0.714. The SMILES string of the molecule is CCOC(=O)C(C)C(=O)Cc1cccc2ccccc12. The predicted molar refractivity (Wildman–Crippen MR) is 78.5 cm³/mol. The van der Waals surface area contributed by atoms with Gasteiger partial charge in [0, 0.05) is 6.42 Å². The number of fused-ring (bicyclic) bond motifs is 1. The molecule has 104 valence electrons. The summed E-state index contributed by atoms with van der Waals surface area (Å²) in [6.45, 7) is 3.63. The van der Waals surface area contributed by atoms with Crippen molar-refractivity contribution >= 4 is 22.5 Å². The number of rotatable bonds is 5. The topological polar surface area (TPSA) is 43.4 Å². The number of hydrogen-bond acceptors (Lipinski definition) is 3. The van der Waals surface area contributed by atoms with Gasteiger partial charge in [0.15, 0.2) is 5.78 Å². The molecule has 1 atom stereocenters. The maximum absolute atomic E-state index is 12.2. The minimum absolute atomic E-state index is 0.111. The van der Waals surface area contributed by atoms with Crippen molar-refractivity contribution in [3.63, 3.8) is 0 Å². The van der Waals surface area contributed by atoms with Crippen LogP contribution in [0.1, 0.15) is 19.4 Å². The second kappa shape index (κ2) is 6.33. The monoisotopic (exact) mass is 270 g/mol. The first-order chi connectivity index (χ1) is 9.63. The van der Waals surface area contributed by atoms with E-state index in [1.165, 1.54) is 0 Å². The molecular formula is C17H18O3. The summed E-state index contributed by atoms with van der Waals surface area (Å²) < 4.78 is 4.89. The summed E-state index contributed by atoms with van der Waals surface area (Å²) >= 11 is 0. The smallest absolute Gasteiger partial charge is 0.316 e. The molecule has 0 heterocycles. The van der Waals surface area contributed by atoms with Gasteiger partial charge in [-0.1, -0.05) is 42.5 Å². The molecule has 0 fully saturated rings. The Balaban J connectivity index is 2.20. The lowest BCUT2D eigenvalue weighted by atomic mass is 9.95. The van der Waals surface area contributed by atoms with Gasteiger partial charge in [-0.05, 0) is 30.2 Å². The zero-order valence-electron chi connectivity index (χ0n) is 11.8. The van der Waals surface area contributed by atoms with Crippen molar-refractivity contribution < 1.29 is 14.3 Å². The molecule has 0 spiro atoms. The lowest BCUT2D eigenvalue weighted by Crippen LogP contribution is -2.24. The molecule has 0 aliphatic heterocycles. The molecule has 2 aromatic rings. The van der Waals surface area contributed by atoms with Gasteiger partial charge >= 0.3 is 5.97 Å². The molecule has 20 heavy (non-hydrogen) atoms. The van der Waals surface area contributed by atoms with Gasteiger partial charge < -0.3 is 4.74 Å². The van der Waals surface area contributed by atoms with E-state index in [0.29, 0.717) is 6.61 Å². The first-order valence-electron chi connectivity index (χ1n) is 6.79. The van der Waals surface area contributed by atoms with Gasteiger partial charge in [-0.3, -0.25) is 9.59 Å². The van der Waals surface area contributed by atoms with Crippen LogP contribution in [0.5, 0.6) is 0 Å². The number of ether oxygens (including phenoxy) is 1. The number of ketones is 1. The van der Waals surface area contributed by atoms with E-state index < -0.39 is 11.9 Å². The van der Waals surface area contributed by atoms with Crippen LogP contribution in [0.4, 0.5) is 0 Å². The summed E-state index contributed by atoms with van der Waals surface area (Å²) in [7, 11) is 0. The van der Waals surface area contributed by atoms with Crippen molar-refractivity contribution in [2.45, 2.75) is 20.3 Å². The lowest BCUT2D eigenvalue weighted by molar-refractivity contribution is -0.150. The number of carbonyl (C=O) groups is 2. The Labute approximate surface area is 118 Å². The maximum atomic E-state index is 12.2. The standard InChI is InChI=1S/C17H18O3/c1-3-20-17(19)12(2)16(18)11-14-9-6-8-13-7-4-5-10-15(13)14/h4-10,12H,3,11H2,1-2H3. The third kappa shape index (κ3) is 3.05. The first-order valence-corrected chi connectivity index (χ1v) is 6.79. The zero-order chi connectivity index (χ0) is 14.5. The summed E-state index contributed by atoms with van der Waals surface area (Å²) in [5.74, 6) is -1.27. The van der Waals surface area contributed by atoms with Gasteiger partial charge in [0.25, 0.3) is 0 Å². The molecule has 0 amide bonds. The van der Waals surface area contributed by atoms with Gasteiger partial charge in [0.1, 0.15) is 5.92 Å². The van der Waals surface area contributed by atoms with Crippen LogP contribution < -0.4 is 0 Å². The highest BCUT2D eigenvalue weighted by atomic mass is 16.5. The molecule has 3 heteroatoms. The number of esters is 1. The van der Waals surface area contributed by atoms with Crippen molar-refractivity contribution in [1.82, 2.24) is 0 Å². The van der Waals surface area contributed by atoms with E-state index in [-0.39, 0.29) is 12.2 Å². The van der Waals surface area contributed by atoms with E-state index in [4.69, 9.17) is 4.74 Å². The Hall–Kier alpha value is -2.16. The number of benzene rings is 2. The van der Waals surface area contributed by atoms with Gasteiger partial charge in [0.05, 0.1) is 6.61 Å². The van der Waals surface area contributed by atoms with Gasteiger partial charge in [-0.25, -0.2) is 0 Å². The summed E-state index contributed by atoms with van der Waals surface area (Å²) in [6, 6.07) is 13.8. The van der Waals surface area contributed by atoms with Crippen LogP contribution in [0.3, 0.4) is 0 Å². The van der Waals surface area contributed by atoms with Gasteiger partial charge in [0.2, 0.25) is 0 Å². The van der Waals surface area contributed by atoms with Crippen LogP contribution in [0.15, 0.2) is 42.5 Å². The molecule has 0 radical (unpaired) electrons. The molecule has 0 saturated heterocycles. The molecule has 1 unspecified atom stereocenters. The van der Waals surface area contributed by atoms with E-state index in [2.05, 4.69) is 0 Å². The average Bonchev–Trinajstić information content (AvgIpc) is 2.47. The number of hydrogen-bond donors (Lipinski definition) is 0. The molecule has 0 aliphatic carbocycles. The quantitative estimate of drug-likeness (QED) is 0.619. The van der Waals surface area contributed by atoms with Crippen molar-refractivity contribution in [2.75, 3.05) is 6.61 Å². The molecule has 0 aromatic heterocycles. The van der Waals surface area contributed by atoms with Crippen LogP contribution in [-0.4, -0.2) is 18.4 Å². The molecule has 2 aromatic carbocycles. The Bertz CT molecular complexity index is 626. The minimum Gasteiger partial charge on any atom is -0.465 e. The number of Topliss-reactive ketones (excluding diaryl/α,β-unsaturated/α-hetero) is 1. The second-order valence-electron chi connectivity index (χ2n) is 4.76. The van der Waals surface area contributed by atoms with Crippen LogP contribution >= 0.6 is 0 Å². The molecule has 2 rings (SSSR count). The van der Waals surface area contributed by atoms with Gasteiger partial charge in [-0.2, -0.15) is 0 Å². The summed E-state index contributed by atoms with van der Waals surface area (Å²) in [4.78, 5) is 23.8. The molecule has 0 saturated carbocycles. The summed E-state index contributed by atoms with van der Waals surface area (Å²) in [5.41, 5.74) is 0.948. The summed E-state index contributed by atoms with van der Waals surface area (Å²) in [5, 5.41) is 2.15. The molecule has 0 bridgehead atoms. The Morgan fingerprint density at radius 2 is 1.80 bits per heavy atom. The first kappa shape index (κ1) is 14.3. The van der Waals surface area contributed by atoms with Crippen molar-refractivity contribution in [3.05, 3.63) is 48.0 Å². The fourth-order valence-electron chi connectivity index (χ4n) is 2.19. The highest BCUT2D eigenvalue weighted by Crippen LogP contribution is 2.20. The molecule has 0 N–H and O–H groups in total. The highest BCUT2D eigenvalue weighted by Gasteiger charge is 2.22. The van der Waals surface area contributed by atoms with E-state index in [1.54, 1.807) is 13.8 Å². The van der Waals surface area contributed by atoms with E-state index in [0.717, 1.165) is 16.3 Å². The van der Waals surface area contributed by atoms with Crippen LogP contribution in [0, 0.1) is 5.92 Å². The van der Waals surface area contributed by atoms with E-state index in [1.807, 2.05) is 42.5 Å². The lowest BCUT2D eigenvalue weighted by Gasteiger charge is -2.11. The third-order valence-corrected chi connectivity index (χ3v) is 3.37. The van der Waals surface area contributed by atoms with Crippen molar-refractivity contribution in [2.24, 2.45) is 5.92 Å². The van der Waals surface area contributed by atoms with Crippen LogP contribution in [0.25, 0.3) is 10.8 Å². The average molecular weight is 270 g/mol.